The van der Waals surface area contributed by atoms with E-state index in [1.807, 2.05) is 22.7 Å². The van der Waals surface area contributed by atoms with Gasteiger partial charge in [0.15, 0.2) is 0 Å². The molecule has 4 heteroatoms. The molecule has 12 unspecified atom stereocenters. The van der Waals surface area contributed by atoms with Crippen molar-refractivity contribution in [2.75, 3.05) is 0 Å². The van der Waals surface area contributed by atoms with Gasteiger partial charge in [0.05, 0.1) is 11.8 Å². The van der Waals surface area contributed by atoms with Crippen LogP contribution in [-0.4, -0.2) is 11.6 Å². The number of ketones is 2. The molecule has 2 heterocycles. The lowest BCUT2D eigenvalue weighted by Gasteiger charge is -2.53. The summed E-state index contributed by atoms with van der Waals surface area (Å²) < 4.78 is 0. The zero-order chi connectivity index (χ0) is 46.7. The van der Waals surface area contributed by atoms with Crippen molar-refractivity contribution in [1.29, 1.82) is 0 Å². The molecule has 6 rings (SSSR count). The molecule has 66 heavy (non-hydrogen) atoms. The Bertz CT molecular complexity index is 1530. The SMILES string of the molecule is CCCCCCCCCCC(CCCCCC)CC1CC2C(CC(CC(CCCCCC)CCCCCCCCCC)C3C(=O)C(c4ccc(C)s4)CC23)C2CC(c3ccc(C)s3)C(=O)C12. The first-order chi connectivity index (χ1) is 32.3. The van der Waals surface area contributed by atoms with Crippen molar-refractivity contribution in [3.63, 3.8) is 0 Å². The molecule has 2 nitrogen and oxygen atoms in total. The third kappa shape index (κ3) is 15.4. The van der Waals surface area contributed by atoms with E-state index in [9.17, 15) is 0 Å². The fourth-order valence-electron chi connectivity index (χ4n) is 15.1. The second-order valence-corrected chi connectivity index (χ2v) is 26.0. The standard InChI is InChI=1S/C62H102O2S2/c1-7-11-15-19-21-23-25-29-33-47(31-27-17-13-9-3)39-49-41-51-52(53-43-55(61(63)59(49)53)57-37-35-45(5)65-57)42-50(60-54(51)44-56(62(60)64)58-38-36-46(6)66-58)40-48(32-28-18-14-10-4)34-30-26-24-22-20-16-12-8-2/h35-38,47-56,59-60H,7-34,39-44H2,1-6H3. The van der Waals surface area contributed by atoms with E-state index < -0.39 is 0 Å². The van der Waals surface area contributed by atoms with Gasteiger partial charge in [-0.15, -0.1) is 22.7 Å². The van der Waals surface area contributed by atoms with Gasteiger partial charge in [0.25, 0.3) is 0 Å². The molecule has 374 valence electrons. The Labute approximate surface area is 416 Å². The highest BCUT2D eigenvalue weighted by Gasteiger charge is 2.62. The van der Waals surface area contributed by atoms with Gasteiger partial charge in [0.1, 0.15) is 11.6 Å². The number of hydrogen-bond acceptors (Lipinski definition) is 4. The quantitative estimate of drug-likeness (QED) is 0.0655. The maximum Gasteiger partial charge on any atom is 0.144 e. The second kappa shape index (κ2) is 29.2. The van der Waals surface area contributed by atoms with Gasteiger partial charge in [-0.2, -0.15) is 0 Å². The molecule has 12 atom stereocenters. The number of hydrogen-bond donors (Lipinski definition) is 0. The van der Waals surface area contributed by atoms with Gasteiger partial charge in [-0.1, -0.05) is 207 Å². The summed E-state index contributed by atoms with van der Waals surface area (Å²) in [4.78, 5) is 35.9. The van der Waals surface area contributed by atoms with E-state index in [4.69, 9.17) is 0 Å². The van der Waals surface area contributed by atoms with Crippen LogP contribution in [0, 0.1) is 73.0 Å². The van der Waals surface area contributed by atoms with E-state index in [2.05, 4.69) is 65.8 Å². The minimum absolute atomic E-state index is 0.0900. The van der Waals surface area contributed by atoms with Gasteiger partial charge in [-0.25, -0.2) is 0 Å². The molecule has 4 aliphatic rings. The Morgan fingerprint density at radius 2 is 0.712 bits per heavy atom. The number of Topliss-reactive ketones (excluding diaryl/α,β-unsaturated/α-hetero) is 2. The monoisotopic (exact) mass is 943 g/mol. The smallest absolute Gasteiger partial charge is 0.144 e. The van der Waals surface area contributed by atoms with Crippen LogP contribution in [0.4, 0.5) is 0 Å². The largest absolute Gasteiger partial charge is 0.299 e. The van der Waals surface area contributed by atoms with Crippen molar-refractivity contribution < 1.29 is 9.59 Å². The topological polar surface area (TPSA) is 34.1 Å². The number of thiophene rings is 2. The zero-order valence-corrected chi connectivity index (χ0v) is 45.5. The summed E-state index contributed by atoms with van der Waals surface area (Å²) in [6.45, 7) is 13.8. The third-order valence-corrected chi connectivity index (χ3v) is 20.7. The van der Waals surface area contributed by atoms with Crippen LogP contribution in [0.2, 0.25) is 0 Å². The molecule has 0 N–H and O–H groups in total. The molecule has 0 saturated heterocycles. The van der Waals surface area contributed by atoms with Crippen molar-refractivity contribution in [3.05, 3.63) is 43.8 Å². The lowest BCUT2D eigenvalue weighted by molar-refractivity contribution is -0.135. The fourth-order valence-corrected chi connectivity index (χ4v) is 17.1. The van der Waals surface area contributed by atoms with Crippen LogP contribution >= 0.6 is 22.7 Å². The predicted molar refractivity (Wildman–Crippen MR) is 288 cm³/mol. The first kappa shape index (κ1) is 54.1. The van der Waals surface area contributed by atoms with Crippen LogP contribution in [0.5, 0.6) is 0 Å². The fraction of sp³-hybridized carbons (Fsp3) is 0.839. The van der Waals surface area contributed by atoms with Crippen molar-refractivity contribution in [1.82, 2.24) is 0 Å². The molecule has 4 fully saturated rings. The van der Waals surface area contributed by atoms with E-state index in [1.54, 1.807) is 0 Å². The number of carbonyl (C=O) groups excluding carboxylic acids is 2. The Morgan fingerprint density at radius 1 is 0.409 bits per heavy atom. The van der Waals surface area contributed by atoms with E-state index >= 15 is 9.59 Å². The molecule has 0 aliphatic heterocycles. The Morgan fingerprint density at radius 3 is 1.02 bits per heavy atom. The summed E-state index contributed by atoms with van der Waals surface area (Å²) in [5.74, 6) is 6.53. The molecule has 0 radical (unpaired) electrons. The second-order valence-electron chi connectivity index (χ2n) is 23.4. The van der Waals surface area contributed by atoms with Crippen molar-refractivity contribution in [2.24, 2.45) is 59.2 Å². The highest BCUT2D eigenvalue weighted by atomic mass is 32.1. The number of fused-ring (bicyclic) bond motifs is 5. The van der Waals surface area contributed by atoms with Crippen LogP contribution in [0.15, 0.2) is 24.3 Å². The van der Waals surface area contributed by atoms with E-state index in [0.717, 1.165) is 24.7 Å². The molecular weight excluding hydrogens is 841 g/mol. The molecule has 0 bridgehead atoms. The minimum atomic E-state index is 0.0900. The molecule has 4 saturated carbocycles. The van der Waals surface area contributed by atoms with E-state index in [-0.39, 0.29) is 23.7 Å². The van der Waals surface area contributed by atoms with E-state index in [1.165, 1.54) is 225 Å². The van der Waals surface area contributed by atoms with Gasteiger partial charge in [0.2, 0.25) is 0 Å². The van der Waals surface area contributed by atoms with Crippen LogP contribution < -0.4 is 0 Å². The van der Waals surface area contributed by atoms with Crippen LogP contribution in [0.25, 0.3) is 0 Å². The van der Waals surface area contributed by atoms with Crippen molar-refractivity contribution in [2.45, 2.75) is 272 Å². The van der Waals surface area contributed by atoms with Gasteiger partial charge in [-0.05, 0) is 124 Å². The summed E-state index contributed by atoms with van der Waals surface area (Å²) >= 11 is 3.81. The Hall–Kier alpha value is -1.26. The number of aryl methyl sites for hydroxylation is 2. The summed E-state index contributed by atoms with van der Waals surface area (Å²) in [7, 11) is 0. The van der Waals surface area contributed by atoms with E-state index in [0.29, 0.717) is 47.1 Å². The summed E-state index contributed by atoms with van der Waals surface area (Å²) in [5, 5.41) is 0. The predicted octanol–water partition coefficient (Wildman–Crippen LogP) is 20.0. The Balaban J connectivity index is 1.26. The van der Waals surface area contributed by atoms with Crippen molar-refractivity contribution >= 4 is 34.2 Å². The third-order valence-electron chi connectivity index (χ3n) is 18.4. The average molecular weight is 944 g/mol. The minimum Gasteiger partial charge on any atom is -0.299 e. The number of rotatable bonds is 34. The summed E-state index contributed by atoms with van der Waals surface area (Å²) in [5.41, 5.74) is 0. The van der Waals surface area contributed by atoms with Gasteiger partial charge in [-0.3, -0.25) is 9.59 Å². The highest BCUT2D eigenvalue weighted by molar-refractivity contribution is 7.12. The van der Waals surface area contributed by atoms with Crippen LogP contribution in [0.1, 0.15) is 277 Å². The van der Waals surface area contributed by atoms with Gasteiger partial charge >= 0.3 is 0 Å². The lowest BCUT2D eigenvalue weighted by atomic mass is 9.50. The molecule has 0 amide bonds. The number of carbonyl (C=O) groups is 2. The first-order valence-electron chi connectivity index (χ1n) is 29.5. The molecule has 2 aromatic heterocycles. The number of unbranched alkanes of at least 4 members (excludes halogenated alkanes) is 20. The van der Waals surface area contributed by atoms with Crippen LogP contribution in [0.3, 0.4) is 0 Å². The maximum absolute atomic E-state index is 15.3. The van der Waals surface area contributed by atoms with Crippen LogP contribution in [-0.2, 0) is 9.59 Å². The van der Waals surface area contributed by atoms with Gasteiger partial charge in [0, 0.05) is 31.3 Å². The zero-order valence-electron chi connectivity index (χ0n) is 43.9. The maximum atomic E-state index is 15.3. The molecule has 2 aromatic rings. The van der Waals surface area contributed by atoms with Gasteiger partial charge < -0.3 is 0 Å². The Kier molecular flexibility index (Phi) is 23.9. The molecule has 4 aliphatic carbocycles. The summed E-state index contributed by atoms with van der Waals surface area (Å²) in [6, 6.07) is 9.19. The molecule has 0 aromatic carbocycles. The average Bonchev–Trinajstić information content (AvgIpc) is 4.11. The van der Waals surface area contributed by atoms with Crippen molar-refractivity contribution in [3.8, 4) is 0 Å². The summed E-state index contributed by atoms with van der Waals surface area (Å²) in [6.07, 6.45) is 45.4. The first-order valence-corrected chi connectivity index (χ1v) is 31.1. The lowest BCUT2D eigenvalue weighted by Crippen LogP contribution is -2.49. The molecular formula is C62H102O2S2. The molecule has 0 spiro atoms. The highest BCUT2D eigenvalue weighted by Crippen LogP contribution is 2.65. The normalized spacial score (nSPS) is 28.2.